The van der Waals surface area contributed by atoms with Crippen LogP contribution in [0.2, 0.25) is 28.4 Å². The summed E-state index contributed by atoms with van der Waals surface area (Å²) in [6.07, 6.45) is 11.1. The molecule has 0 bridgehead atoms. The zero-order chi connectivity index (χ0) is 17.6. The van der Waals surface area contributed by atoms with E-state index in [1.807, 2.05) is 0 Å². The molecule has 0 amide bonds. The first-order valence-electron chi connectivity index (χ1n) is 10.8. The number of unbranched alkanes of at least 4 members (excludes halogenated alkanes) is 4. The van der Waals surface area contributed by atoms with Gasteiger partial charge in [0.1, 0.15) is 0 Å². The third-order valence-electron chi connectivity index (χ3n) is 5.60. The molecule has 3 heteroatoms. The fourth-order valence-corrected chi connectivity index (χ4v) is 25.7. The van der Waals surface area contributed by atoms with Gasteiger partial charge < -0.3 is 0 Å². The van der Waals surface area contributed by atoms with Gasteiger partial charge in [-0.05, 0) is 0 Å². The van der Waals surface area contributed by atoms with Crippen molar-refractivity contribution in [2.75, 3.05) is 0 Å². The van der Waals surface area contributed by atoms with Crippen LogP contribution in [0.1, 0.15) is 92.9 Å². The Bertz CT molecular complexity index is 258. The van der Waals surface area contributed by atoms with Gasteiger partial charge in [0.05, 0.1) is 0 Å². The van der Waals surface area contributed by atoms with Crippen molar-refractivity contribution < 1.29 is 35.9 Å². The molecule has 0 fully saturated rings. The Kier molecular flexibility index (Phi) is 15.4. The van der Waals surface area contributed by atoms with Crippen LogP contribution in [0.4, 0.5) is 0 Å². The fourth-order valence-electron chi connectivity index (χ4n) is 4.09. The minimum atomic E-state index is -2.08. The van der Waals surface area contributed by atoms with Crippen molar-refractivity contribution in [3.8, 4) is 0 Å². The van der Waals surface area contributed by atoms with E-state index in [9.17, 15) is 0 Å². The molecule has 0 radical (unpaired) electrons. The molecule has 0 spiro atoms. The summed E-state index contributed by atoms with van der Waals surface area (Å²) in [5, 5.41) is 0. The van der Waals surface area contributed by atoms with Crippen LogP contribution in [0.3, 0.4) is 0 Å². The maximum absolute atomic E-state index is 7.47. The van der Waals surface area contributed by atoms with E-state index >= 15 is 0 Å². The summed E-state index contributed by atoms with van der Waals surface area (Å²) in [5.74, 6) is 0. The fraction of sp³-hybridized carbons (Fsp3) is 1.00. The Hall–Kier alpha value is 1.39. The van der Waals surface area contributed by atoms with Gasteiger partial charge in [0, 0.05) is 0 Å². The first kappa shape index (κ1) is 24.4. The first-order chi connectivity index (χ1) is 11.1. The standard InChI is InChI=1S/2C5H11.2C3H7.2C2H5.O.2Ti/c2*1-3-5-4-2;2*1-3-2;2*1-2;;;/h2*1,3-5H2,2H3;2*1,3H2,2H3;2*1H2,2H3;;;. The molecule has 0 N–H and O–H groups in total. The molecule has 0 aliphatic carbocycles. The molecule has 0 rings (SSSR count). The molecule has 23 heavy (non-hydrogen) atoms. The topological polar surface area (TPSA) is 9.23 Å². The van der Waals surface area contributed by atoms with E-state index in [0.717, 1.165) is 0 Å². The summed E-state index contributed by atoms with van der Waals surface area (Å²) >= 11 is -4.14. The summed E-state index contributed by atoms with van der Waals surface area (Å²) in [5.41, 5.74) is 0. The third kappa shape index (κ3) is 9.60. The molecular formula is C20H46OTi2. The Morgan fingerprint density at radius 3 is 1.26 bits per heavy atom. The predicted octanol–water partition coefficient (Wildman–Crippen LogP) is 8.89. The molecule has 0 aromatic heterocycles. The van der Waals surface area contributed by atoms with Crippen LogP contribution in [-0.4, -0.2) is 0 Å². The van der Waals surface area contributed by atoms with Gasteiger partial charge in [-0.1, -0.05) is 0 Å². The first-order valence-corrected chi connectivity index (χ1v) is 18.7. The molecule has 0 aromatic rings. The van der Waals surface area contributed by atoms with E-state index in [2.05, 4.69) is 41.5 Å². The average molecular weight is 398 g/mol. The van der Waals surface area contributed by atoms with Gasteiger partial charge in [-0.2, -0.15) is 0 Å². The van der Waals surface area contributed by atoms with Crippen molar-refractivity contribution in [1.82, 2.24) is 0 Å². The van der Waals surface area contributed by atoms with Gasteiger partial charge >= 0.3 is 157 Å². The van der Waals surface area contributed by atoms with Crippen molar-refractivity contribution in [1.29, 1.82) is 0 Å². The van der Waals surface area contributed by atoms with Gasteiger partial charge in [-0.15, -0.1) is 0 Å². The second kappa shape index (κ2) is 14.5. The Morgan fingerprint density at radius 1 is 0.478 bits per heavy atom. The van der Waals surface area contributed by atoms with Crippen LogP contribution in [0.25, 0.3) is 0 Å². The Labute approximate surface area is 156 Å². The summed E-state index contributed by atoms with van der Waals surface area (Å²) in [6, 6.07) is 0. The molecule has 0 aliphatic heterocycles. The second-order valence-electron chi connectivity index (χ2n) is 7.59. The van der Waals surface area contributed by atoms with Crippen LogP contribution < -0.4 is 0 Å². The van der Waals surface area contributed by atoms with Gasteiger partial charge in [0.2, 0.25) is 0 Å². The third-order valence-corrected chi connectivity index (χ3v) is 24.9. The summed E-state index contributed by atoms with van der Waals surface area (Å²) in [7, 11) is 0. The van der Waals surface area contributed by atoms with E-state index in [1.54, 1.807) is 0 Å². The van der Waals surface area contributed by atoms with E-state index in [1.165, 1.54) is 79.7 Å². The molecule has 0 unspecified atom stereocenters. The van der Waals surface area contributed by atoms with Crippen molar-refractivity contribution in [3.63, 3.8) is 0 Å². The zero-order valence-electron chi connectivity index (χ0n) is 17.3. The Morgan fingerprint density at radius 2 is 0.913 bits per heavy atom. The van der Waals surface area contributed by atoms with E-state index in [0.29, 0.717) is 0 Å². The number of hydrogen-bond acceptors (Lipinski definition) is 1. The van der Waals surface area contributed by atoms with Crippen molar-refractivity contribution in [3.05, 3.63) is 0 Å². The quantitative estimate of drug-likeness (QED) is 0.186. The minimum absolute atomic E-state index is 1.35. The Balaban J connectivity index is 5.13. The number of hydrogen-bond donors (Lipinski definition) is 0. The molecular weight excluding hydrogens is 352 g/mol. The molecule has 0 heterocycles. The van der Waals surface area contributed by atoms with Crippen LogP contribution >= 0.6 is 0 Å². The maximum atomic E-state index is 7.47. The monoisotopic (exact) mass is 398 g/mol. The molecule has 140 valence electrons. The summed E-state index contributed by atoms with van der Waals surface area (Å²) in [6.45, 7) is 14.3. The van der Waals surface area contributed by atoms with E-state index in [4.69, 9.17) is 1.90 Å². The second-order valence-corrected chi connectivity index (χ2v) is 21.9. The molecule has 0 aliphatic rings. The molecule has 0 saturated heterocycles. The average Bonchev–Trinajstić information content (AvgIpc) is 2.55. The van der Waals surface area contributed by atoms with Gasteiger partial charge in [-0.25, -0.2) is 0 Å². The summed E-state index contributed by atoms with van der Waals surface area (Å²) in [4.78, 5) is 0. The van der Waals surface area contributed by atoms with Crippen molar-refractivity contribution >= 4 is 0 Å². The molecule has 0 atom stereocenters. The zero-order valence-corrected chi connectivity index (χ0v) is 20.4. The van der Waals surface area contributed by atoms with E-state index in [-0.39, 0.29) is 0 Å². The molecule has 0 aromatic carbocycles. The van der Waals surface area contributed by atoms with Crippen molar-refractivity contribution in [2.24, 2.45) is 0 Å². The van der Waals surface area contributed by atoms with Crippen LogP contribution in [0.15, 0.2) is 0 Å². The SMILES string of the molecule is CCCC[CH2][Ti]([CH2]C)([CH2]C)[O][Ti]([CH2]CC)([CH2]CC)[CH2]CCCC. The molecule has 1 nitrogen and oxygen atoms in total. The molecule has 0 saturated carbocycles. The predicted molar refractivity (Wildman–Crippen MR) is 101 cm³/mol. The number of rotatable bonds is 16. The normalized spacial score (nSPS) is 12.8. The summed E-state index contributed by atoms with van der Waals surface area (Å²) < 4.78 is 16.2. The van der Waals surface area contributed by atoms with E-state index < -0.39 is 34.0 Å². The van der Waals surface area contributed by atoms with Crippen LogP contribution in [-0.2, 0) is 35.9 Å². The van der Waals surface area contributed by atoms with Crippen molar-refractivity contribution in [2.45, 2.75) is 121 Å². The van der Waals surface area contributed by atoms with Gasteiger partial charge in [-0.3, -0.25) is 0 Å². The van der Waals surface area contributed by atoms with Gasteiger partial charge in [0.15, 0.2) is 0 Å². The van der Waals surface area contributed by atoms with Crippen LogP contribution in [0.5, 0.6) is 0 Å². The van der Waals surface area contributed by atoms with Gasteiger partial charge in [0.25, 0.3) is 0 Å². The van der Waals surface area contributed by atoms with Crippen LogP contribution in [0, 0.1) is 0 Å².